The maximum absolute atomic E-state index is 5.65. The zero-order chi connectivity index (χ0) is 11.0. The topological polar surface area (TPSA) is 50.4 Å². The van der Waals surface area contributed by atoms with Gasteiger partial charge in [-0.1, -0.05) is 31.9 Å². The first kappa shape index (κ1) is 11.1. The largest absolute Gasteiger partial charge is 0.386 e. The van der Waals surface area contributed by atoms with Crippen molar-refractivity contribution in [2.75, 3.05) is 6.54 Å². The number of aryl methyl sites for hydroxylation is 1. The van der Waals surface area contributed by atoms with Crippen LogP contribution in [0.1, 0.15) is 17.3 Å². The van der Waals surface area contributed by atoms with Crippen LogP contribution in [0, 0.1) is 6.92 Å². The molecule has 1 aromatic carbocycles. The highest BCUT2D eigenvalue weighted by atomic mass is 79.9. The van der Waals surface area contributed by atoms with Gasteiger partial charge in [0.15, 0.2) is 0 Å². The molecule has 1 atom stereocenters. The van der Waals surface area contributed by atoms with Crippen LogP contribution in [0.15, 0.2) is 26.1 Å². The van der Waals surface area contributed by atoms with E-state index in [1.54, 1.807) is 0 Å². The number of nitrogens with two attached hydrogens (primary N) is 1. The van der Waals surface area contributed by atoms with Gasteiger partial charge < -0.3 is 5.73 Å². The summed E-state index contributed by atoms with van der Waals surface area (Å²) in [7, 11) is 0. The van der Waals surface area contributed by atoms with Crippen molar-refractivity contribution in [3.05, 3.63) is 32.2 Å². The Morgan fingerprint density at radius 3 is 2.47 bits per heavy atom. The molecule has 1 aliphatic heterocycles. The van der Waals surface area contributed by atoms with Crippen molar-refractivity contribution in [3.8, 4) is 0 Å². The lowest BCUT2D eigenvalue weighted by molar-refractivity contribution is 0.638. The maximum atomic E-state index is 5.65. The van der Waals surface area contributed by atoms with E-state index in [9.17, 15) is 0 Å². The molecule has 0 aliphatic carbocycles. The number of amidine groups is 1. The third kappa shape index (κ3) is 2.24. The first-order valence-corrected chi connectivity index (χ1v) is 6.17. The summed E-state index contributed by atoms with van der Waals surface area (Å²) < 4.78 is 2.09. The summed E-state index contributed by atoms with van der Waals surface area (Å²) in [5.74, 6) is 0.652. The Kier molecular flexibility index (Phi) is 3.13. The Labute approximate surface area is 105 Å². The molecule has 5 heteroatoms. The monoisotopic (exact) mass is 331 g/mol. The quantitative estimate of drug-likeness (QED) is 0.830. The Balaban J connectivity index is 2.44. The van der Waals surface area contributed by atoms with Crippen LogP contribution in [-0.2, 0) is 0 Å². The minimum Gasteiger partial charge on any atom is -0.386 e. The second-order valence-electron chi connectivity index (χ2n) is 3.55. The fourth-order valence-corrected chi connectivity index (χ4v) is 3.45. The summed E-state index contributed by atoms with van der Waals surface area (Å²) >= 11 is 7.10. The van der Waals surface area contributed by atoms with E-state index in [4.69, 9.17) is 5.73 Å². The fraction of sp³-hybridized carbons (Fsp3) is 0.300. The third-order valence-corrected chi connectivity index (χ3v) is 3.58. The smallest absolute Gasteiger partial charge is 0.130 e. The van der Waals surface area contributed by atoms with Gasteiger partial charge in [-0.25, -0.2) is 4.99 Å². The number of hydrogen-bond donors (Lipinski definition) is 2. The predicted molar refractivity (Wildman–Crippen MR) is 68.9 cm³/mol. The van der Waals surface area contributed by atoms with Crippen LogP contribution < -0.4 is 11.1 Å². The molecule has 1 aliphatic rings. The summed E-state index contributed by atoms with van der Waals surface area (Å²) in [6.07, 6.45) is -0.0469. The van der Waals surface area contributed by atoms with Crippen molar-refractivity contribution in [1.82, 2.24) is 5.32 Å². The van der Waals surface area contributed by atoms with Crippen LogP contribution in [0.5, 0.6) is 0 Å². The Morgan fingerprint density at radius 1 is 1.40 bits per heavy atom. The van der Waals surface area contributed by atoms with Crippen LogP contribution >= 0.6 is 31.9 Å². The van der Waals surface area contributed by atoms with Crippen molar-refractivity contribution in [1.29, 1.82) is 0 Å². The molecule has 0 saturated heterocycles. The van der Waals surface area contributed by atoms with E-state index < -0.39 is 0 Å². The summed E-state index contributed by atoms with van der Waals surface area (Å²) in [5, 5.41) is 3.24. The van der Waals surface area contributed by atoms with Gasteiger partial charge >= 0.3 is 0 Å². The Bertz CT molecular complexity index is 406. The summed E-state index contributed by atoms with van der Waals surface area (Å²) in [4.78, 5) is 4.33. The lowest BCUT2D eigenvalue weighted by atomic mass is 10.1. The van der Waals surface area contributed by atoms with Crippen LogP contribution in [0.25, 0.3) is 0 Å². The average Bonchev–Trinajstić information content (AvgIpc) is 2.49. The molecule has 2 rings (SSSR count). The van der Waals surface area contributed by atoms with Gasteiger partial charge in [-0.15, -0.1) is 0 Å². The maximum Gasteiger partial charge on any atom is 0.130 e. The highest BCUT2D eigenvalue weighted by Crippen LogP contribution is 2.33. The normalized spacial score (nSPS) is 20.5. The van der Waals surface area contributed by atoms with Crippen molar-refractivity contribution < 1.29 is 0 Å². The molecule has 0 amide bonds. The standard InChI is InChI=1S/C10H11Br2N3/c1-5-2-6(11)9(7(12)3-5)10-14-4-8(13)15-10/h2-3,10,14H,4H2,1H3,(H2,13,15). The molecule has 0 radical (unpaired) electrons. The van der Waals surface area contributed by atoms with Gasteiger partial charge in [0.2, 0.25) is 0 Å². The highest BCUT2D eigenvalue weighted by Gasteiger charge is 2.21. The first-order chi connectivity index (χ1) is 7.08. The molecule has 0 spiro atoms. The number of nitrogens with zero attached hydrogens (tertiary/aromatic N) is 1. The Hall–Kier alpha value is -0.390. The second-order valence-corrected chi connectivity index (χ2v) is 5.25. The summed E-state index contributed by atoms with van der Waals surface area (Å²) in [6.45, 7) is 2.70. The molecule has 15 heavy (non-hydrogen) atoms. The van der Waals surface area contributed by atoms with Crippen LogP contribution in [0.3, 0.4) is 0 Å². The predicted octanol–water partition coefficient (Wildman–Crippen LogP) is 2.48. The molecule has 3 nitrogen and oxygen atoms in total. The van der Waals surface area contributed by atoms with Crippen molar-refractivity contribution >= 4 is 37.7 Å². The van der Waals surface area contributed by atoms with Crippen LogP contribution in [0.4, 0.5) is 0 Å². The number of benzene rings is 1. The lowest BCUT2D eigenvalue weighted by Gasteiger charge is -2.13. The molecule has 0 bridgehead atoms. The van der Waals surface area contributed by atoms with E-state index in [1.165, 1.54) is 5.56 Å². The molecule has 80 valence electrons. The molecule has 0 fully saturated rings. The van der Waals surface area contributed by atoms with Crippen molar-refractivity contribution in [3.63, 3.8) is 0 Å². The van der Waals surface area contributed by atoms with Gasteiger partial charge in [-0.3, -0.25) is 5.32 Å². The summed E-state index contributed by atoms with van der Waals surface area (Å²) in [6, 6.07) is 4.15. The number of hydrogen-bond acceptors (Lipinski definition) is 3. The lowest BCUT2D eigenvalue weighted by Crippen LogP contribution is -2.21. The van der Waals surface area contributed by atoms with Crippen LogP contribution in [-0.4, -0.2) is 12.4 Å². The van der Waals surface area contributed by atoms with E-state index in [0.717, 1.165) is 14.5 Å². The average molecular weight is 333 g/mol. The first-order valence-electron chi connectivity index (χ1n) is 4.59. The minimum absolute atomic E-state index is 0.0469. The Morgan fingerprint density at radius 2 is 2.00 bits per heavy atom. The van der Waals surface area contributed by atoms with E-state index in [2.05, 4.69) is 61.2 Å². The molecule has 1 heterocycles. The third-order valence-electron chi connectivity index (χ3n) is 2.27. The molecule has 0 aromatic heterocycles. The molecule has 1 aromatic rings. The summed E-state index contributed by atoms with van der Waals surface area (Å²) in [5.41, 5.74) is 7.95. The fourth-order valence-electron chi connectivity index (χ4n) is 1.60. The number of halogens is 2. The van der Waals surface area contributed by atoms with E-state index in [0.29, 0.717) is 12.4 Å². The van der Waals surface area contributed by atoms with Crippen molar-refractivity contribution in [2.24, 2.45) is 10.7 Å². The van der Waals surface area contributed by atoms with Gasteiger partial charge in [0, 0.05) is 14.5 Å². The van der Waals surface area contributed by atoms with Gasteiger partial charge in [0.05, 0.1) is 6.54 Å². The van der Waals surface area contributed by atoms with E-state index in [1.807, 2.05) is 0 Å². The highest BCUT2D eigenvalue weighted by molar-refractivity contribution is 9.11. The van der Waals surface area contributed by atoms with Crippen molar-refractivity contribution in [2.45, 2.75) is 13.1 Å². The van der Waals surface area contributed by atoms with E-state index in [-0.39, 0.29) is 6.17 Å². The van der Waals surface area contributed by atoms with Gasteiger partial charge in [0.1, 0.15) is 12.0 Å². The minimum atomic E-state index is -0.0469. The van der Waals surface area contributed by atoms with Gasteiger partial charge in [-0.05, 0) is 24.6 Å². The zero-order valence-corrected chi connectivity index (χ0v) is 11.4. The number of rotatable bonds is 1. The molecule has 3 N–H and O–H groups in total. The van der Waals surface area contributed by atoms with Gasteiger partial charge in [-0.2, -0.15) is 0 Å². The van der Waals surface area contributed by atoms with Gasteiger partial charge in [0.25, 0.3) is 0 Å². The molecule has 1 unspecified atom stereocenters. The number of nitrogens with one attached hydrogen (secondary N) is 1. The van der Waals surface area contributed by atoms with Crippen LogP contribution in [0.2, 0.25) is 0 Å². The zero-order valence-electron chi connectivity index (χ0n) is 8.22. The molecular formula is C10H11Br2N3. The molecule has 0 saturated carbocycles. The molecular weight excluding hydrogens is 322 g/mol. The SMILES string of the molecule is Cc1cc(Br)c(C2N=C(N)CN2)c(Br)c1. The second kappa shape index (κ2) is 4.23. The van der Waals surface area contributed by atoms with E-state index >= 15 is 0 Å². The number of aliphatic imine (C=N–C) groups is 1.